The highest BCUT2D eigenvalue weighted by atomic mass is 16.5. The smallest absolute Gasteiger partial charge is 0.308 e. The normalized spacial score (nSPS) is 13.3. The van der Waals surface area contributed by atoms with Gasteiger partial charge in [0.05, 0.1) is 12.5 Å². The van der Waals surface area contributed by atoms with Crippen LogP contribution in [0.5, 0.6) is 0 Å². The first-order chi connectivity index (χ1) is 13.6. The lowest BCUT2D eigenvalue weighted by molar-refractivity contribution is -0.148. The summed E-state index contributed by atoms with van der Waals surface area (Å²) in [5.74, 6) is 0.660. The number of hydrogen-bond donors (Lipinski definition) is 0. The van der Waals surface area contributed by atoms with Crippen molar-refractivity contribution >= 4 is 5.97 Å². The molecule has 2 heteroatoms. The van der Waals surface area contributed by atoms with Gasteiger partial charge >= 0.3 is 5.97 Å². The van der Waals surface area contributed by atoms with E-state index < -0.39 is 0 Å². The zero-order valence-corrected chi connectivity index (χ0v) is 19.1. The Kier molecular flexibility index (Phi) is 19.5. The van der Waals surface area contributed by atoms with Crippen molar-refractivity contribution in [2.24, 2.45) is 11.8 Å². The standard InChI is InChI=1S/C26H46O2/c1-5-7-8-9-10-11-12-13-14-15-16-17-18-19-20-21-22-25(23-24(3)4)26(27)28-6-2/h7-8,10-11,13-14,24-25H,5-6,9,12,15-23H2,1-4H3/b8-7-,11-10-,14-13-. The van der Waals surface area contributed by atoms with E-state index in [1.165, 1.54) is 38.5 Å². The molecule has 0 amide bonds. The quantitative estimate of drug-likeness (QED) is 0.134. The highest BCUT2D eigenvalue weighted by molar-refractivity contribution is 5.72. The molecule has 2 nitrogen and oxygen atoms in total. The fraction of sp³-hybridized carbons (Fsp3) is 0.731. The number of allylic oxidation sites excluding steroid dienone is 6. The van der Waals surface area contributed by atoms with Crippen LogP contribution in [0.25, 0.3) is 0 Å². The molecule has 0 bridgehead atoms. The minimum Gasteiger partial charge on any atom is -0.466 e. The Balaban J connectivity index is 3.60. The van der Waals surface area contributed by atoms with E-state index in [1.54, 1.807) is 0 Å². The van der Waals surface area contributed by atoms with E-state index >= 15 is 0 Å². The minimum absolute atomic E-state index is 0.00950. The Morgan fingerprint density at radius 3 is 1.96 bits per heavy atom. The second-order valence-corrected chi connectivity index (χ2v) is 8.07. The van der Waals surface area contributed by atoms with Gasteiger partial charge in [0.1, 0.15) is 0 Å². The second kappa shape index (κ2) is 20.4. The molecule has 0 aromatic rings. The maximum absolute atomic E-state index is 12.0. The first kappa shape index (κ1) is 26.7. The fourth-order valence-corrected chi connectivity index (χ4v) is 3.35. The number of rotatable bonds is 18. The van der Waals surface area contributed by atoms with Gasteiger partial charge in [-0.15, -0.1) is 0 Å². The molecule has 162 valence electrons. The molecule has 0 radical (unpaired) electrons. The first-order valence-electron chi connectivity index (χ1n) is 11.7. The van der Waals surface area contributed by atoms with Crippen LogP contribution in [-0.2, 0) is 9.53 Å². The van der Waals surface area contributed by atoms with E-state index in [2.05, 4.69) is 57.2 Å². The second-order valence-electron chi connectivity index (χ2n) is 8.07. The summed E-state index contributed by atoms with van der Waals surface area (Å²) < 4.78 is 5.23. The number of hydrogen-bond acceptors (Lipinski definition) is 2. The average Bonchev–Trinajstić information content (AvgIpc) is 2.66. The molecule has 0 aromatic carbocycles. The van der Waals surface area contributed by atoms with Crippen molar-refractivity contribution in [3.05, 3.63) is 36.5 Å². The molecule has 0 aliphatic carbocycles. The van der Waals surface area contributed by atoms with Crippen LogP contribution in [0.3, 0.4) is 0 Å². The average molecular weight is 391 g/mol. The molecule has 0 N–H and O–H groups in total. The summed E-state index contributed by atoms with van der Waals surface area (Å²) in [6.45, 7) is 8.92. The molecule has 0 saturated heterocycles. The van der Waals surface area contributed by atoms with Gasteiger partial charge in [-0.2, -0.15) is 0 Å². The van der Waals surface area contributed by atoms with Gasteiger partial charge in [0.2, 0.25) is 0 Å². The van der Waals surface area contributed by atoms with Crippen LogP contribution >= 0.6 is 0 Å². The van der Waals surface area contributed by atoms with Crippen LogP contribution in [0.15, 0.2) is 36.5 Å². The van der Waals surface area contributed by atoms with Crippen molar-refractivity contribution < 1.29 is 9.53 Å². The first-order valence-corrected chi connectivity index (χ1v) is 11.7. The molecule has 1 atom stereocenters. The van der Waals surface area contributed by atoms with Crippen LogP contribution in [0.2, 0.25) is 0 Å². The monoisotopic (exact) mass is 390 g/mol. The molecule has 0 aromatic heterocycles. The number of unbranched alkanes of at least 4 members (excludes halogenated alkanes) is 6. The summed E-state index contributed by atoms with van der Waals surface area (Å²) >= 11 is 0. The van der Waals surface area contributed by atoms with E-state index in [9.17, 15) is 4.79 Å². The van der Waals surface area contributed by atoms with Crippen LogP contribution in [0.4, 0.5) is 0 Å². The lowest BCUT2D eigenvalue weighted by Gasteiger charge is -2.17. The van der Waals surface area contributed by atoms with Crippen molar-refractivity contribution in [1.82, 2.24) is 0 Å². The molecule has 28 heavy (non-hydrogen) atoms. The van der Waals surface area contributed by atoms with Gasteiger partial charge in [0.15, 0.2) is 0 Å². The predicted octanol–water partition coefficient (Wildman–Crippen LogP) is 8.19. The Labute approximate surface area is 175 Å². The van der Waals surface area contributed by atoms with E-state index in [-0.39, 0.29) is 11.9 Å². The van der Waals surface area contributed by atoms with Crippen molar-refractivity contribution in [3.8, 4) is 0 Å². The van der Waals surface area contributed by atoms with Crippen LogP contribution in [0, 0.1) is 11.8 Å². The van der Waals surface area contributed by atoms with Crippen molar-refractivity contribution in [3.63, 3.8) is 0 Å². The van der Waals surface area contributed by atoms with Gasteiger partial charge in [-0.3, -0.25) is 4.79 Å². The van der Waals surface area contributed by atoms with Gasteiger partial charge in [0, 0.05) is 0 Å². The Hall–Kier alpha value is -1.31. The molecular weight excluding hydrogens is 344 g/mol. The Morgan fingerprint density at radius 1 is 0.786 bits per heavy atom. The van der Waals surface area contributed by atoms with Crippen molar-refractivity contribution in [2.45, 2.75) is 105 Å². The van der Waals surface area contributed by atoms with Crippen molar-refractivity contribution in [2.75, 3.05) is 6.61 Å². The van der Waals surface area contributed by atoms with Gasteiger partial charge in [-0.05, 0) is 57.8 Å². The predicted molar refractivity (Wildman–Crippen MR) is 123 cm³/mol. The van der Waals surface area contributed by atoms with E-state index in [0.717, 1.165) is 38.5 Å². The molecule has 1 unspecified atom stereocenters. The zero-order valence-electron chi connectivity index (χ0n) is 19.1. The zero-order chi connectivity index (χ0) is 20.9. The van der Waals surface area contributed by atoms with Gasteiger partial charge in [-0.1, -0.05) is 89.3 Å². The van der Waals surface area contributed by atoms with E-state index in [1.807, 2.05) is 6.92 Å². The SMILES string of the molecule is CC/C=C\C/C=C\C/C=C\CCCCCCCCC(CC(C)C)C(=O)OCC. The summed E-state index contributed by atoms with van der Waals surface area (Å²) in [5, 5.41) is 0. The Bertz CT molecular complexity index is 432. The molecule has 0 saturated carbocycles. The molecule has 0 spiro atoms. The van der Waals surface area contributed by atoms with Crippen molar-refractivity contribution in [1.29, 1.82) is 0 Å². The maximum atomic E-state index is 12.0. The third-order valence-corrected chi connectivity index (χ3v) is 4.83. The fourth-order valence-electron chi connectivity index (χ4n) is 3.35. The van der Waals surface area contributed by atoms with Gasteiger partial charge < -0.3 is 4.74 Å². The third kappa shape index (κ3) is 18.1. The van der Waals surface area contributed by atoms with Gasteiger partial charge in [-0.25, -0.2) is 0 Å². The minimum atomic E-state index is 0.00950. The summed E-state index contributed by atoms with van der Waals surface area (Å²) in [7, 11) is 0. The summed E-state index contributed by atoms with van der Waals surface area (Å²) in [6, 6.07) is 0. The topological polar surface area (TPSA) is 26.3 Å². The highest BCUT2D eigenvalue weighted by Crippen LogP contribution is 2.21. The van der Waals surface area contributed by atoms with Crippen LogP contribution in [0.1, 0.15) is 105 Å². The lowest BCUT2D eigenvalue weighted by Crippen LogP contribution is -2.19. The molecule has 0 fully saturated rings. The molecule has 0 aliphatic rings. The Morgan fingerprint density at radius 2 is 1.36 bits per heavy atom. The van der Waals surface area contributed by atoms with Crippen LogP contribution in [-0.4, -0.2) is 12.6 Å². The summed E-state index contributed by atoms with van der Waals surface area (Å²) in [6.07, 6.45) is 27.5. The third-order valence-electron chi connectivity index (χ3n) is 4.83. The number of esters is 1. The number of carbonyl (C=O) groups excluding carboxylic acids is 1. The largest absolute Gasteiger partial charge is 0.466 e. The van der Waals surface area contributed by atoms with Gasteiger partial charge in [0.25, 0.3) is 0 Å². The number of ether oxygens (including phenoxy) is 1. The van der Waals surface area contributed by atoms with Crippen LogP contribution < -0.4 is 0 Å². The summed E-state index contributed by atoms with van der Waals surface area (Å²) in [4.78, 5) is 12.0. The lowest BCUT2D eigenvalue weighted by atomic mass is 9.92. The molecule has 0 aliphatic heterocycles. The molecular formula is C26H46O2. The summed E-state index contributed by atoms with van der Waals surface area (Å²) in [5.41, 5.74) is 0. The highest BCUT2D eigenvalue weighted by Gasteiger charge is 2.20. The molecule has 0 heterocycles. The number of carbonyl (C=O) groups is 1. The van der Waals surface area contributed by atoms with E-state index in [0.29, 0.717) is 12.5 Å². The van der Waals surface area contributed by atoms with E-state index in [4.69, 9.17) is 4.74 Å². The maximum Gasteiger partial charge on any atom is 0.308 e. The molecule has 0 rings (SSSR count).